The quantitative estimate of drug-likeness (QED) is 0.794. The van der Waals surface area contributed by atoms with E-state index >= 15 is 0 Å². The molecule has 78 valence electrons. The maximum atomic E-state index is 13.1. The number of hydrogen-bond donors (Lipinski definition) is 1. The number of rotatable bonds is 2. The summed E-state index contributed by atoms with van der Waals surface area (Å²) in [5.74, 6) is -0.481. The van der Waals surface area contributed by atoms with Crippen molar-refractivity contribution in [1.82, 2.24) is 10.3 Å². The number of nitrogens with zero attached hydrogens (tertiary/aromatic N) is 1. The van der Waals surface area contributed by atoms with Crippen molar-refractivity contribution in [2.45, 2.75) is 6.54 Å². The molecule has 0 atom stereocenters. The highest BCUT2D eigenvalue weighted by Gasteiger charge is 2.04. The lowest BCUT2D eigenvalue weighted by atomic mass is 10.1. The fraction of sp³-hybridized carbons (Fsp3) is 0.182. The van der Waals surface area contributed by atoms with E-state index in [1.807, 2.05) is 25.2 Å². The second kappa shape index (κ2) is 4.13. The zero-order chi connectivity index (χ0) is 10.8. The topological polar surface area (TPSA) is 24.9 Å². The van der Waals surface area contributed by atoms with Gasteiger partial charge in [-0.25, -0.2) is 9.37 Å². The molecular formula is C11H10ClFN2. The van der Waals surface area contributed by atoms with E-state index in [0.29, 0.717) is 5.52 Å². The van der Waals surface area contributed by atoms with E-state index in [2.05, 4.69) is 10.3 Å². The van der Waals surface area contributed by atoms with E-state index in [0.717, 1.165) is 17.5 Å². The van der Waals surface area contributed by atoms with Gasteiger partial charge in [-0.3, -0.25) is 0 Å². The predicted octanol–water partition coefficient (Wildman–Crippen LogP) is 2.75. The number of benzene rings is 1. The minimum absolute atomic E-state index is 0.0795. The van der Waals surface area contributed by atoms with Gasteiger partial charge in [0.05, 0.1) is 5.52 Å². The summed E-state index contributed by atoms with van der Waals surface area (Å²) in [5, 5.41) is 3.72. The summed E-state index contributed by atoms with van der Waals surface area (Å²) in [5.41, 5.74) is 1.81. The van der Waals surface area contributed by atoms with Crippen LogP contribution in [-0.2, 0) is 6.54 Å². The van der Waals surface area contributed by atoms with Gasteiger partial charge in [0.15, 0.2) is 11.0 Å². The molecule has 0 fully saturated rings. The summed E-state index contributed by atoms with van der Waals surface area (Å²) in [6.45, 7) is 0.757. The van der Waals surface area contributed by atoms with Crippen LogP contribution in [0.5, 0.6) is 0 Å². The van der Waals surface area contributed by atoms with Gasteiger partial charge in [-0.15, -0.1) is 0 Å². The Kier molecular flexibility index (Phi) is 2.84. The summed E-state index contributed by atoms with van der Waals surface area (Å²) >= 11 is 5.62. The first-order valence-corrected chi connectivity index (χ1v) is 4.98. The van der Waals surface area contributed by atoms with E-state index in [9.17, 15) is 4.39 Å². The maximum absolute atomic E-state index is 13.1. The molecule has 0 aliphatic rings. The Balaban J connectivity index is 2.56. The number of hydrogen-bond acceptors (Lipinski definition) is 2. The zero-order valence-corrected chi connectivity index (χ0v) is 8.98. The SMILES string of the molecule is CNCc1ccc2cc(F)c(Cl)nc2c1. The molecule has 2 aromatic rings. The minimum Gasteiger partial charge on any atom is -0.316 e. The molecule has 0 radical (unpaired) electrons. The number of pyridine rings is 1. The molecule has 0 saturated carbocycles. The van der Waals surface area contributed by atoms with E-state index in [4.69, 9.17) is 11.6 Å². The second-order valence-electron chi connectivity index (χ2n) is 3.32. The number of aromatic nitrogens is 1. The average Bonchev–Trinajstić information content (AvgIpc) is 2.21. The molecule has 0 bridgehead atoms. The van der Waals surface area contributed by atoms with Crippen molar-refractivity contribution in [2.24, 2.45) is 0 Å². The van der Waals surface area contributed by atoms with Crippen LogP contribution in [0.2, 0.25) is 5.15 Å². The smallest absolute Gasteiger partial charge is 0.165 e. The highest BCUT2D eigenvalue weighted by molar-refractivity contribution is 6.29. The van der Waals surface area contributed by atoms with Gasteiger partial charge >= 0.3 is 0 Å². The van der Waals surface area contributed by atoms with Crippen molar-refractivity contribution in [2.75, 3.05) is 7.05 Å². The Morgan fingerprint density at radius 1 is 1.40 bits per heavy atom. The van der Waals surface area contributed by atoms with Crippen LogP contribution in [0.3, 0.4) is 0 Å². The molecule has 2 rings (SSSR count). The van der Waals surface area contributed by atoms with Gasteiger partial charge in [0, 0.05) is 11.9 Å². The van der Waals surface area contributed by atoms with Crippen LogP contribution in [0.15, 0.2) is 24.3 Å². The van der Waals surface area contributed by atoms with E-state index < -0.39 is 5.82 Å². The van der Waals surface area contributed by atoms with Gasteiger partial charge in [0.2, 0.25) is 0 Å². The Hall–Kier alpha value is -1.19. The van der Waals surface area contributed by atoms with Gasteiger partial charge < -0.3 is 5.32 Å². The van der Waals surface area contributed by atoms with Crippen LogP contribution in [-0.4, -0.2) is 12.0 Å². The highest BCUT2D eigenvalue weighted by Crippen LogP contribution is 2.20. The van der Waals surface area contributed by atoms with E-state index in [-0.39, 0.29) is 5.15 Å². The van der Waals surface area contributed by atoms with Crippen molar-refractivity contribution < 1.29 is 4.39 Å². The molecule has 1 aromatic heterocycles. The minimum atomic E-state index is -0.481. The largest absolute Gasteiger partial charge is 0.316 e. The molecule has 15 heavy (non-hydrogen) atoms. The molecule has 2 nitrogen and oxygen atoms in total. The Morgan fingerprint density at radius 2 is 2.20 bits per heavy atom. The average molecular weight is 225 g/mol. The Labute approximate surface area is 92.1 Å². The van der Waals surface area contributed by atoms with Crippen LogP contribution in [0.1, 0.15) is 5.56 Å². The molecule has 4 heteroatoms. The van der Waals surface area contributed by atoms with Crippen molar-refractivity contribution >= 4 is 22.5 Å². The lowest BCUT2D eigenvalue weighted by molar-refractivity contribution is 0.625. The molecule has 0 unspecified atom stereocenters. The summed E-state index contributed by atoms with van der Waals surface area (Å²) in [6, 6.07) is 7.08. The van der Waals surface area contributed by atoms with Gasteiger partial charge in [0.1, 0.15) is 0 Å². The lowest BCUT2D eigenvalue weighted by Crippen LogP contribution is -2.04. The predicted molar refractivity (Wildman–Crippen MR) is 59.5 cm³/mol. The first-order valence-electron chi connectivity index (χ1n) is 4.60. The first kappa shape index (κ1) is 10.3. The molecule has 0 amide bonds. The second-order valence-corrected chi connectivity index (χ2v) is 3.68. The molecular weight excluding hydrogens is 215 g/mol. The monoisotopic (exact) mass is 224 g/mol. The Bertz CT molecular complexity index is 499. The zero-order valence-electron chi connectivity index (χ0n) is 8.22. The van der Waals surface area contributed by atoms with Gasteiger partial charge in [0.25, 0.3) is 0 Å². The van der Waals surface area contributed by atoms with Crippen LogP contribution < -0.4 is 5.32 Å². The maximum Gasteiger partial charge on any atom is 0.165 e. The fourth-order valence-corrected chi connectivity index (χ4v) is 1.62. The summed E-state index contributed by atoms with van der Waals surface area (Å²) < 4.78 is 13.1. The molecule has 0 aliphatic carbocycles. The van der Waals surface area contributed by atoms with Crippen LogP contribution in [0, 0.1) is 5.82 Å². The third-order valence-electron chi connectivity index (χ3n) is 2.17. The van der Waals surface area contributed by atoms with Crippen LogP contribution >= 0.6 is 11.6 Å². The highest BCUT2D eigenvalue weighted by atomic mass is 35.5. The molecule has 0 aliphatic heterocycles. The summed E-state index contributed by atoms with van der Waals surface area (Å²) in [7, 11) is 1.87. The number of halogens is 2. The molecule has 1 N–H and O–H groups in total. The lowest BCUT2D eigenvalue weighted by Gasteiger charge is -2.03. The number of fused-ring (bicyclic) bond motifs is 1. The third-order valence-corrected chi connectivity index (χ3v) is 2.44. The van der Waals surface area contributed by atoms with Crippen molar-refractivity contribution in [3.63, 3.8) is 0 Å². The van der Waals surface area contributed by atoms with Gasteiger partial charge in [-0.05, 0) is 24.7 Å². The van der Waals surface area contributed by atoms with Gasteiger partial charge in [-0.2, -0.15) is 0 Å². The van der Waals surface area contributed by atoms with Crippen molar-refractivity contribution in [3.8, 4) is 0 Å². The first-order chi connectivity index (χ1) is 7.20. The molecule has 0 spiro atoms. The Morgan fingerprint density at radius 3 is 2.93 bits per heavy atom. The van der Waals surface area contributed by atoms with Gasteiger partial charge in [-0.1, -0.05) is 23.7 Å². The van der Waals surface area contributed by atoms with Crippen LogP contribution in [0.4, 0.5) is 4.39 Å². The standard InChI is InChI=1S/C11H10ClFN2/c1-14-6-7-2-3-8-5-9(13)11(12)15-10(8)4-7/h2-5,14H,6H2,1H3. The van der Waals surface area contributed by atoms with E-state index in [1.54, 1.807) is 0 Å². The third kappa shape index (κ3) is 2.08. The van der Waals surface area contributed by atoms with E-state index in [1.165, 1.54) is 6.07 Å². The van der Waals surface area contributed by atoms with Crippen molar-refractivity contribution in [1.29, 1.82) is 0 Å². The van der Waals surface area contributed by atoms with Crippen molar-refractivity contribution in [3.05, 3.63) is 40.8 Å². The summed E-state index contributed by atoms with van der Waals surface area (Å²) in [6.07, 6.45) is 0. The fourth-order valence-electron chi connectivity index (χ4n) is 1.48. The molecule has 1 heterocycles. The normalized spacial score (nSPS) is 10.9. The molecule has 0 saturated heterocycles. The summed E-state index contributed by atoms with van der Waals surface area (Å²) in [4.78, 5) is 3.98. The van der Waals surface area contributed by atoms with Crippen LogP contribution in [0.25, 0.3) is 10.9 Å². The molecule has 1 aromatic carbocycles. The number of nitrogens with one attached hydrogen (secondary N) is 1.